The van der Waals surface area contributed by atoms with Crippen molar-refractivity contribution in [1.29, 1.82) is 0 Å². The van der Waals surface area contributed by atoms with Gasteiger partial charge >= 0.3 is 0 Å². The highest BCUT2D eigenvalue weighted by molar-refractivity contribution is 5.49. The highest BCUT2D eigenvalue weighted by Gasteiger charge is 2.21. The van der Waals surface area contributed by atoms with Crippen LogP contribution in [0.25, 0.3) is 0 Å². The van der Waals surface area contributed by atoms with Gasteiger partial charge in [-0.25, -0.2) is 14.6 Å². The van der Waals surface area contributed by atoms with E-state index >= 15 is 0 Å². The van der Waals surface area contributed by atoms with Crippen LogP contribution in [0.1, 0.15) is 31.0 Å². The predicted octanol–water partition coefficient (Wildman–Crippen LogP) is 1.60. The van der Waals surface area contributed by atoms with Crippen LogP contribution in [0.5, 0.6) is 5.88 Å². The lowest BCUT2D eigenvalue weighted by atomic mass is 9.99. The van der Waals surface area contributed by atoms with Gasteiger partial charge in [0, 0.05) is 39.4 Å². The summed E-state index contributed by atoms with van der Waals surface area (Å²) in [4.78, 5) is 11.0. The summed E-state index contributed by atoms with van der Waals surface area (Å²) in [6.45, 7) is 4.71. The molecule has 0 aliphatic carbocycles. The minimum Gasteiger partial charge on any atom is -0.481 e. The van der Waals surface area contributed by atoms with Crippen LogP contribution in [0.2, 0.25) is 0 Å². The summed E-state index contributed by atoms with van der Waals surface area (Å²) in [6.07, 6.45) is 4.58. The molecule has 8 heteroatoms. The van der Waals surface area contributed by atoms with E-state index in [-0.39, 0.29) is 6.61 Å². The highest BCUT2D eigenvalue weighted by Crippen LogP contribution is 2.25. The van der Waals surface area contributed by atoms with Crippen LogP contribution in [-0.2, 0) is 20.0 Å². The molecule has 26 heavy (non-hydrogen) atoms. The molecule has 0 radical (unpaired) electrons. The largest absolute Gasteiger partial charge is 0.481 e. The fourth-order valence-electron chi connectivity index (χ4n) is 3.54. The molecule has 1 unspecified atom stereocenters. The van der Waals surface area contributed by atoms with E-state index in [9.17, 15) is 5.11 Å². The van der Waals surface area contributed by atoms with Gasteiger partial charge in [-0.3, -0.25) is 0 Å². The van der Waals surface area contributed by atoms with Crippen molar-refractivity contribution in [3.63, 3.8) is 0 Å². The molecular weight excluding hydrogens is 332 g/mol. The number of nitrogens with one attached hydrogen (secondary N) is 1. The molecule has 0 aromatic carbocycles. The number of aliphatic hydroxyl groups excluding tert-OH is 1. The summed E-state index contributed by atoms with van der Waals surface area (Å²) < 4.78 is 7.25. The number of aliphatic hydroxyl groups is 1. The summed E-state index contributed by atoms with van der Waals surface area (Å²) in [5.41, 5.74) is 2.07. The maximum absolute atomic E-state index is 9.43. The number of aryl methyl sites for hydroxylation is 2. The minimum atomic E-state index is 0.229. The molecule has 142 valence electrons. The molecule has 8 nitrogen and oxygen atoms in total. The van der Waals surface area contributed by atoms with Crippen LogP contribution >= 0.6 is 0 Å². The van der Waals surface area contributed by atoms with E-state index < -0.39 is 0 Å². The second-order valence-corrected chi connectivity index (χ2v) is 6.66. The van der Waals surface area contributed by atoms with E-state index in [2.05, 4.69) is 32.2 Å². The molecule has 0 bridgehead atoms. The normalized spacial score (nSPS) is 17.4. The first kappa shape index (κ1) is 18.4. The fraction of sp³-hybridized carbons (Fsp3) is 0.611. The lowest BCUT2D eigenvalue weighted by Gasteiger charge is -2.32. The van der Waals surface area contributed by atoms with Gasteiger partial charge in [-0.05, 0) is 25.2 Å². The quantitative estimate of drug-likeness (QED) is 0.775. The molecule has 1 atom stereocenters. The van der Waals surface area contributed by atoms with Gasteiger partial charge in [-0.2, -0.15) is 5.10 Å². The smallest absolute Gasteiger partial charge is 0.216 e. The summed E-state index contributed by atoms with van der Waals surface area (Å²) in [5, 5.41) is 17.3. The molecule has 1 aliphatic rings. The van der Waals surface area contributed by atoms with Crippen molar-refractivity contribution >= 4 is 11.6 Å². The van der Waals surface area contributed by atoms with E-state index in [0.717, 1.165) is 61.1 Å². The first-order chi connectivity index (χ1) is 12.7. The van der Waals surface area contributed by atoms with Crippen molar-refractivity contribution in [3.8, 4) is 5.88 Å². The number of aromatic nitrogens is 4. The molecule has 2 aromatic rings. The van der Waals surface area contributed by atoms with Crippen LogP contribution in [-0.4, -0.2) is 51.7 Å². The maximum Gasteiger partial charge on any atom is 0.216 e. The Hall–Kier alpha value is -2.35. The summed E-state index contributed by atoms with van der Waals surface area (Å²) in [7, 11) is 3.55. The van der Waals surface area contributed by atoms with Gasteiger partial charge in [0.05, 0.1) is 18.4 Å². The third-order valence-corrected chi connectivity index (χ3v) is 4.90. The Labute approximate surface area is 154 Å². The zero-order chi connectivity index (χ0) is 18.5. The van der Waals surface area contributed by atoms with Gasteiger partial charge in [-0.1, -0.05) is 6.92 Å². The molecule has 2 N–H and O–H groups in total. The monoisotopic (exact) mass is 360 g/mol. The van der Waals surface area contributed by atoms with Crippen molar-refractivity contribution in [2.45, 2.75) is 32.7 Å². The number of hydrogen-bond donors (Lipinski definition) is 2. The maximum atomic E-state index is 9.43. The van der Waals surface area contributed by atoms with Gasteiger partial charge in [0.25, 0.3) is 0 Å². The minimum absolute atomic E-state index is 0.229. The number of piperidine rings is 1. The Morgan fingerprint density at radius 2 is 2.23 bits per heavy atom. The highest BCUT2D eigenvalue weighted by atomic mass is 16.5. The summed E-state index contributed by atoms with van der Waals surface area (Å²) in [5.74, 6) is 2.76. The second-order valence-electron chi connectivity index (χ2n) is 6.66. The topological polar surface area (TPSA) is 88.3 Å². The van der Waals surface area contributed by atoms with Gasteiger partial charge in [0.2, 0.25) is 5.88 Å². The van der Waals surface area contributed by atoms with E-state index in [4.69, 9.17) is 4.74 Å². The summed E-state index contributed by atoms with van der Waals surface area (Å²) >= 11 is 0. The molecule has 0 saturated carbocycles. The number of anilines is 2. The van der Waals surface area contributed by atoms with Crippen LogP contribution in [0.3, 0.4) is 0 Å². The molecule has 1 saturated heterocycles. The van der Waals surface area contributed by atoms with Crippen LogP contribution in [0.15, 0.2) is 12.4 Å². The van der Waals surface area contributed by atoms with Gasteiger partial charge in [0.15, 0.2) is 0 Å². The Kier molecular flexibility index (Phi) is 5.92. The second kappa shape index (κ2) is 8.35. The summed E-state index contributed by atoms with van der Waals surface area (Å²) in [6, 6.07) is 1.97. The first-order valence-corrected chi connectivity index (χ1v) is 9.16. The van der Waals surface area contributed by atoms with Crippen LogP contribution < -0.4 is 15.0 Å². The lowest BCUT2D eigenvalue weighted by molar-refractivity contribution is 0.208. The Morgan fingerprint density at radius 1 is 1.38 bits per heavy atom. The number of methoxy groups -OCH3 is 1. The van der Waals surface area contributed by atoms with Crippen molar-refractivity contribution < 1.29 is 9.84 Å². The first-order valence-electron chi connectivity index (χ1n) is 9.16. The molecule has 3 rings (SSSR count). The van der Waals surface area contributed by atoms with Crippen molar-refractivity contribution in [3.05, 3.63) is 23.7 Å². The van der Waals surface area contributed by atoms with E-state index in [1.165, 1.54) is 0 Å². The zero-order valence-corrected chi connectivity index (χ0v) is 15.8. The van der Waals surface area contributed by atoms with Crippen LogP contribution in [0.4, 0.5) is 11.6 Å². The number of ether oxygens (including phenoxy) is 1. The number of rotatable bonds is 7. The predicted molar refractivity (Wildman–Crippen MR) is 101 cm³/mol. The molecule has 3 heterocycles. The Balaban J connectivity index is 1.72. The number of hydrogen-bond acceptors (Lipinski definition) is 7. The standard InChI is InChI=1S/C18H28N6O2/c1-4-15-14(18(26-3)23(2)22-15)9-19-16-8-17(21-12-20-16)24-7-5-6-13(10-24)11-25/h8,12-13,25H,4-7,9-11H2,1-3H3,(H,19,20,21). The average Bonchev–Trinajstić information content (AvgIpc) is 3.01. The molecule has 1 aliphatic heterocycles. The zero-order valence-electron chi connectivity index (χ0n) is 15.8. The van der Waals surface area contributed by atoms with Gasteiger partial charge in [0.1, 0.15) is 18.0 Å². The lowest BCUT2D eigenvalue weighted by Crippen LogP contribution is -2.37. The molecule has 2 aromatic heterocycles. The van der Waals surface area contributed by atoms with Gasteiger partial charge < -0.3 is 20.1 Å². The SMILES string of the molecule is CCc1nn(C)c(OC)c1CNc1cc(N2CCCC(CO)C2)ncn1. The number of nitrogens with zero attached hydrogens (tertiary/aromatic N) is 5. The Morgan fingerprint density at radius 3 is 2.96 bits per heavy atom. The van der Waals surface area contributed by atoms with E-state index in [1.54, 1.807) is 18.1 Å². The Bertz CT molecular complexity index is 732. The molecule has 0 spiro atoms. The van der Waals surface area contributed by atoms with E-state index in [1.807, 2.05) is 13.1 Å². The van der Waals surface area contributed by atoms with Crippen molar-refractivity contribution in [2.75, 3.05) is 37.0 Å². The van der Waals surface area contributed by atoms with Crippen LogP contribution in [0, 0.1) is 5.92 Å². The fourth-order valence-corrected chi connectivity index (χ4v) is 3.54. The molecule has 0 amide bonds. The van der Waals surface area contributed by atoms with E-state index in [0.29, 0.717) is 12.5 Å². The van der Waals surface area contributed by atoms with Gasteiger partial charge in [-0.15, -0.1) is 0 Å². The third-order valence-electron chi connectivity index (χ3n) is 4.90. The molecular formula is C18H28N6O2. The van der Waals surface area contributed by atoms with Crippen molar-refractivity contribution in [1.82, 2.24) is 19.7 Å². The molecule has 1 fully saturated rings. The average molecular weight is 360 g/mol. The van der Waals surface area contributed by atoms with Crippen molar-refractivity contribution in [2.24, 2.45) is 13.0 Å². The third kappa shape index (κ3) is 3.90.